The van der Waals surface area contributed by atoms with Crippen molar-refractivity contribution in [2.75, 3.05) is 13.2 Å². The standard InChI is InChI=1S/C13H18N2O2/c1-9-2-4-10(5-3-9)12(14)13(16)15-11-6-7-17-8-11/h2-5,11-12H,6-8,14H2,1H3,(H,15,16). The zero-order valence-corrected chi connectivity index (χ0v) is 9.98. The number of carbonyl (C=O) groups is 1. The molecule has 0 aliphatic carbocycles. The van der Waals surface area contributed by atoms with Crippen molar-refractivity contribution in [2.24, 2.45) is 5.73 Å². The highest BCUT2D eigenvalue weighted by Gasteiger charge is 2.22. The Bertz CT molecular complexity index is 383. The van der Waals surface area contributed by atoms with Gasteiger partial charge in [-0.2, -0.15) is 0 Å². The molecule has 0 aromatic heterocycles. The molecule has 0 spiro atoms. The van der Waals surface area contributed by atoms with Crippen molar-refractivity contribution in [1.82, 2.24) is 5.32 Å². The first-order valence-corrected chi connectivity index (χ1v) is 5.87. The first-order chi connectivity index (χ1) is 8.16. The third kappa shape index (κ3) is 3.05. The van der Waals surface area contributed by atoms with E-state index in [9.17, 15) is 4.79 Å². The molecule has 2 atom stereocenters. The van der Waals surface area contributed by atoms with Crippen molar-refractivity contribution in [3.63, 3.8) is 0 Å². The van der Waals surface area contributed by atoms with Gasteiger partial charge in [-0.25, -0.2) is 0 Å². The Morgan fingerprint density at radius 1 is 1.47 bits per heavy atom. The number of hydrogen-bond donors (Lipinski definition) is 2. The zero-order valence-electron chi connectivity index (χ0n) is 9.98. The maximum Gasteiger partial charge on any atom is 0.241 e. The zero-order chi connectivity index (χ0) is 12.3. The lowest BCUT2D eigenvalue weighted by atomic mass is 10.0. The SMILES string of the molecule is Cc1ccc(C(N)C(=O)NC2CCOC2)cc1. The van der Waals surface area contributed by atoms with E-state index < -0.39 is 6.04 Å². The molecule has 4 heteroatoms. The fourth-order valence-electron chi connectivity index (χ4n) is 1.86. The van der Waals surface area contributed by atoms with Crippen molar-refractivity contribution in [1.29, 1.82) is 0 Å². The number of carbonyl (C=O) groups excluding carboxylic acids is 1. The third-order valence-electron chi connectivity index (χ3n) is 3.00. The summed E-state index contributed by atoms with van der Waals surface area (Å²) in [6, 6.07) is 7.22. The Balaban J connectivity index is 1.96. The van der Waals surface area contributed by atoms with Crippen molar-refractivity contribution in [2.45, 2.75) is 25.4 Å². The summed E-state index contributed by atoms with van der Waals surface area (Å²) >= 11 is 0. The lowest BCUT2D eigenvalue weighted by Crippen LogP contribution is -2.41. The third-order valence-corrected chi connectivity index (χ3v) is 3.00. The fourth-order valence-corrected chi connectivity index (χ4v) is 1.86. The number of rotatable bonds is 3. The molecule has 1 fully saturated rings. The summed E-state index contributed by atoms with van der Waals surface area (Å²) in [5.41, 5.74) is 7.91. The second-order valence-electron chi connectivity index (χ2n) is 4.46. The molecule has 1 aromatic rings. The molecule has 4 nitrogen and oxygen atoms in total. The summed E-state index contributed by atoms with van der Waals surface area (Å²) in [5.74, 6) is -0.135. The molecule has 2 rings (SSSR count). The molecule has 92 valence electrons. The molecule has 3 N–H and O–H groups in total. The van der Waals surface area contributed by atoms with Gasteiger partial charge in [0.05, 0.1) is 12.6 Å². The van der Waals surface area contributed by atoms with Crippen LogP contribution >= 0.6 is 0 Å². The van der Waals surface area contributed by atoms with Gasteiger partial charge in [-0.3, -0.25) is 4.79 Å². The molecule has 1 saturated heterocycles. The lowest BCUT2D eigenvalue weighted by Gasteiger charge is -2.16. The van der Waals surface area contributed by atoms with E-state index in [0.717, 1.165) is 17.5 Å². The molecule has 1 heterocycles. The van der Waals surface area contributed by atoms with E-state index in [-0.39, 0.29) is 11.9 Å². The highest BCUT2D eigenvalue weighted by molar-refractivity contribution is 5.83. The van der Waals surface area contributed by atoms with Crippen molar-refractivity contribution < 1.29 is 9.53 Å². The van der Waals surface area contributed by atoms with Crippen molar-refractivity contribution in [3.8, 4) is 0 Å². The lowest BCUT2D eigenvalue weighted by molar-refractivity contribution is -0.123. The van der Waals surface area contributed by atoms with Gasteiger partial charge in [0.2, 0.25) is 5.91 Å². The molecule has 2 unspecified atom stereocenters. The van der Waals surface area contributed by atoms with Crippen LogP contribution in [-0.2, 0) is 9.53 Å². The number of nitrogens with two attached hydrogens (primary N) is 1. The van der Waals surface area contributed by atoms with E-state index in [0.29, 0.717) is 13.2 Å². The largest absolute Gasteiger partial charge is 0.379 e. The van der Waals surface area contributed by atoms with E-state index in [1.807, 2.05) is 31.2 Å². The Kier molecular flexibility index (Phi) is 3.76. The maximum atomic E-state index is 11.9. The number of amides is 1. The van der Waals surface area contributed by atoms with Crippen molar-refractivity contribution >= 4 is 5.91 Å². The van der Waals surface area contributed by atoms with Gasteiger partial charge in [-0.05, 0) is 18.9 Å². The van der Waals surface area contributed by atoms with Crippen LogP contribution in [-0.4, -0.2) is 25.2 Å². The van der Waals surface area contributed by atoms with Crippen LogP contribution in [0.2, 0.25) is 0 Å². The van der Waals surface area contributed by atoms with Crippen LogP contribution in [0.1, 0.15) is 23.6 Å². The molecule has 1 aliphatic heterocycles. The Labute approximate surface area is 101 Å². The average molecular weight is 234 g/mol. The number of ether oxygens (including phenoxy) is 1. The number of nitrogens with one attached hydrogen (secondary N) is 1. The van der Waals surface area contributed by atoms with Gasteiger partial charge < -0.3 is 15.8 Å². The van der Waals surface area contributed by atoms with Gasteiger partial charge in [0.25, 0.3) is 0 Å². The van der Waals surface area contributed by atoms with Crippen LogP contribution in [0.25, 0.3) is 0 Å². The van der Waals surface area contributed by atoms with E-state index in [1.54, 1.807) is 0 Å². The molecule has 0 bridgehead atoms. The van der Waals surface area contributed by atoms with Crippen LogP contribution in [0.15, 0.2) is 24.3 Å². The fraction of sp³-hybridized carbons (Fsp3) is 0.462. The molecule has 0 radical (unpaired) electrons. The minimum absolute atomic E-state index is 0.110. The second kappa shape index (κ2) is 5.29. The highest BCUT2D eigenvalue weighted by Crippen LogP contribution is 2.12. The minimum Gasteiger partial charge on any atom is -0.379 e. The smallest absolute Gasteiger partial charge is 0.241 e. The normalized spacial score (nSPS) is 21.2. The Morgan fingerprint density at radius 3 is 2.76 bits per heavy atom. The van der Waals surface area contributed by atoms with Gasteiger partial charge in [0.1, 0.15) is 6.04 Å². The van der Waals surface area contributed by atoms with Gasteiger partial charge in [0, 0.05) is 6.61 Å². The Morgan fingerprint density at radius 2 is 2.18 bits per heavy atom. The second-order valence-corrected chi connectivity index (χ2v) is 4.46. The predicted molar refractivity (Wildman–Crippen MR) is 65.5 cm³/mol. The molecule has 1 aliphatic rings. The predicted octanol–water partition coefficient (Wildman–Crippen LogP) is 0.900. The quantitative estimate of drug-likeness (QED) is 0.816. The monoisotopic (exact) mass is 234 g/mol. The van der Waals surface area contributed by atoms with E-state index >= 15 is 0 Å². The summed E-state index contributed by atoms with van der Waals surface area (Å²) in [5, 5.41) is 2.90. The number of hydrogen-bond acceptors (Lipinski definition) is 3. The average Bonchev–Trinajstić information content (AvgIpc) is 2.82. The van der Waals surface area contributed by atoms with Gasteiger partial charge in [-0.1, -0.05) is 29.8 Å². The van der Waals surface area contributed by atoms with Crippen LogP contribution in [0.3, 0.4) is 0 Å². The highest BCUT2D eigenvalue weighted by atomic mass is 16.5. The summed E-state index contributed by atoms with van der Waals surface area (Å²) in [6.45, 7) is 3.31. The topological polar surface area (TPSA) is 64.4 Å². The number of benzene rings is 1. The van der Waals surface area contributed by atoms with Crippen LogP contribution in [0.4, 0.5) is 0 Å². The van der Waals surface area contributed by atoms with Gasteiger partial charge in [-0.15, -0.1) is 0 Å². The van der Waals surface area contributed by atoms with Crippen LogP contribution in [0.5, 0.6) is 0 Å². The summed E-state index contributed by atoms with van der Waals surface area (Å²) in [6.07, 6.45) is 0.867. The van der Waals surface area contributed by atoms with Gasteiger partial charge in [0.15, 0.2) is 0 Å². The number of aryl methyl sites for hydroxylation is 1. The molecular weight excluding hydrogens is 216 g/mol. The summed E-state index contributed by atoms with van der Waals surface area (Å²) < 4.78 is 5.20. The first-order valence-electron chi connectivity index (χ1n) is 5.87. The van der Waals surface area contributed by atoms with Crippen LogP contribution < -0.4 is 11.1 Å². The van der Waals surface area contributed by atoms with E-state index in [2.05, 4.69) is 5.32 Å². The van der Waals surface area contributed by atoms with E-state index in [4.69, 9.17) is 10.5 Å². The molecule has 1 aromatic carbocycles. The molecule has 0 saturated carbocycles. The van der Waals surface area contributed by atoms with Gasteiger partial charge >= 0.3 is 0 Å². The maximum absolute atomic E-state index is 11.9. The Hall–Kier alpha value is -1.39. The molecular formula is C13H18N2O2. The summed E-state index contributed by atoms with van der Waals surface area (Å²) in [7, 11) is 0. The van der Waals surface area contributed by atoms with Crippen molar-refractivity contribution in [3.05, 3.63) is 35.4 Å². The van der Waals surface area contributed by atoms with E-state index in [1.165, 1.54) is 0 Å². The first kappa shape index (κ1) is 12.1. The molecule has 17 heavy (non-hydrogen) atoms. The minimum atomic E-state index is -0.601. The van der Waals surface area contributed by atoms with Crippen LogP contribution in [0, 0.1) is 6.92 Å². The molecule has 1 amide bonds. The summed E-state index contributed by atoms with van der Waals surface area (Å²) in [4.78, 5) is 11.9.